The fourth-order valence-electron chi connectivity index (χ4n) is 2.97. The van der Waals surface area contributed by atoms with Crippen molar-refractivity contribution in [3.05, 3.63) is 102 Å². The Bertz CT molecular complexity index is 1140. The van der Waals surface area contributed by atoms with Gasteiger partial charge in [0.1, 0.15) is 5.82 Å². The van der Waals surface area contributed by atoms with Crippen molar-refractivity contribution in [2.24, 2.45) is 0 Å². The second kappa shape index (κ2) is 8.36. The molecule has 0 fully saturated rings. The third kappa shape index (κ3) is 4.41. The number of aromatic nitrogens is 2. The van der Waals surface area contributed by atoms with E-state index in [1.54, 1.807) is 29.0 Å². The minimum absolute atomic E-state index is 0.363. The Kier molecular flexibility index (Phi) is 5.63. The molecule has 0 spiro atoms. The molecule has 3 aromatic carbocycles. The number of hydrogen-bond donors (Lipinski definition) is 0. The summed E-state index contributed by atoms with van der Waals surface area (Å²) in [6, 6.07) is 20.9. The van der Waals surface area contributed by atoms with Crippen molar-refractivity contribution in [2.75, 3.05) is 0 Å². The first kappa shape index (κ1) is 20.2. The van der Waals surface area contributed by atoms with Crippen molar-refractivity contribution in [1.82, 2.24) is 9.55 Å². The van der Waals surface area contributed by atoms with Gasteiger partial charge in [0.05, 0.1) is 16.9 Å². The van der Waals surface area contributed by atoms with Crippen LogP contribution in [-0.4, -0.2) is 9.55 Å². The predicted molar refractivity (Wildman–Crippen MR) is 110 cm³/mol. The van der Waals surface area contributed by atoms with E-state index in [4.69, 9.17) is 0 Å². The first-order valence-electron chi connectivity index (χ1n) is 9.10. The molecule has 0 amide bonds. The lowest BCUT2D eigenvalue weighted by Crippen LogP contribution is -2.04. The zero-order valence-electron chi connectivity index (χ0n) is 15.6. The minimum Gasteiger partial charge on any atom is -0.291 e. The Morgan fingerprint density at radius 3 is 2.17 bits per heavy atom. The van der Waals surface area contributed by atoms with Gasteiger partial charge in [0.25, 0.3) is 0 Å². The Labute approximate surface area is 175 Å². The number of rotatable bonds is 5. The van der Waals surface area contributed by atoms with E-state index >= 15 is 0 Å². The average Bonchev–Trinajstić information content (AvgIpc) is 3.17. The number of nitrogens with zero attached hydrogens (tertiary/aromatic N) is 2. The van der Waals surface area contributed by atoms with E-state index in [9.17, 15) is 17.6 Å². The third-order valence-electron chi connectivity index (χ3n) is 4.50. The summed E-state index contributed by atoms with van der Waals surface area (Å²) in [5.41, 5.74) is 1.98. The second-order valence-electron chi connectivity index (χ2n) is 6.58. The molecule has 0 bridgehead atoms. The maximum absolute atomic E-state index is 14.4. The van der Waals surface area contributed by atoms with Crippen LogP contribution >= 0.6 is 11.8 Å². The normalized spacial score (nSPS) is 11.6. The summed E-state index contributed by atoms with van der Waals surface area (Å²) in [6.07, 6.45) is -2.60. The van der Waals surface area contributed by atoms with Gasteiger partial charge >= 0.3 is 6.18 Å². The standard InChI is InChI=1S/C23H16F4N2S/c24-19-8-4-5-9-21(19)29-14-20(17-6-2-1-3-7-17)28-22(29)30-15-16-10-12-18(13-11-16)23(25,26)27/h1-14H,15H2. The van der Waals surface area contributed by atoms with E-state index in [1.807, 2.05) is 30.3 Å². The molecule has 2 nitrogen and oxygen atoms in total. The van der Waals surface area contributed by atoms with Crippen molar-refractivity contribution in [1.29, 1.82) is 0 Å². The summed E-state index contributed by atoms with van der Waals surface area (Å²) in [6.45, 7) is 0. The van der Waals surface area contributed by atoms with E-state index in [1.165, 1.54) is 30.0 Å². The molecule has 0 unspecified atom stereocenters. The van der Waals surface area contributed by atoms with Crippen molar-refractivity contribution >= 4 is 11.8 Å². The van der Waals surface area contributed by atoms with Gasteiger partial charge in [0, 0.05) is 17.5 Å². The molecule has 0 saturated carbocycles. The summed E-state index contributed by atoms with van der Waals surface area (Å²) < 4.78 is 54.4. The lowest BCUT2D eigenvalue weighted by molar-refractivity contribution is -0.137. The van der Waals surface area contributed by atoms with Crippen molar-refractivity contribution in [3.8, 4) is 16.9 Å². The molecule has 4 aromatic rings. The maximum atomic E-state index is 14.4. The Hall–Kier alpha value is -3.06. The number of benzene rings is 3. The SMILES string of the molecule is Fc1ccccc1-n1cc(-c2ccccc2)nc1SCc1ccc(C(F)(F)F)cc1. The minimum atomic E-state index is -4.36. The lowest BCUT2D eigenvalue weighted by atomic mass is 10.1. The Morgan fingerprint density at radius 2 is 1.50 bits per heavy atom. The van der Waals surface area contributed by atoms with Gasteiger partial charge in [-0.25, -0.2) is 9.37 Å². The highest BCUT2D eigenvalue weighted by Crippen LogP contribution is 2.32. The second-order valence-corrected chi connectivity index (χ2v) is 7.52. The molecule has 0 aliphatic rings. The Morgan fingerprint density at radius 1 is 0.833 bits per heavy atom. The summed E-state index contributed by atoms with van der Waals surface area (Å²) in [5, 5.41) is 0.554. The summed E-state index contributed by atoms with van der Waals surface area (Å²) >= 11 is 1.34. The predicted octanol–water partition coefficient (Wildman–Crippen LogP) is 6.99. The number of thioether (sulfide) groups is 1. The highest BCUT2D eigenvalue weighted by molar-refractivity contribution is 7.98. The molecule has 4 rings (SSSR count). The van der Waals surface area contributed by atoms with Crippen molar-refractivity contribution in [3.63, 3.8) is 0 Å². The van der Waals surface area contributed by atoms with Gasteiger partial charge in [0.15, 0.2) is 5.16 Å². The molecule has 1 heterocycles. The fraction of sp³-hybridized carbons (Fsp3) is 0.0870. The van der Waals surface area contributed by atoms with Crippen LogP contribution in [-0.2, 0) is 11.9 Å². The zero-order chi connectivity index (χ0) is 21.1. The molecule has 1 aromatic heterocycles. The fourth-order valence-corrected chi connectivity index (χ4v) is 3.91. The quantitative estimate of drug-likeness (QED) is 0.252. The van der Waals surface area contributed by atoms with Gasteiger partial charge in [0.2, 0.25) is 0 Å². The van der Waals surface area contributed by atoms with E-state index in [0.717, 1.165) is 23.3 Å². The van der Waals surface area contributed by atoms with Gasteiger partial charge in [-0.2, -0.15) is 13.2 Å². The van der Waals surface area contributed by atoms with Crippen molar-refractivity contribution < 1.29 is 17.6 Å². The molecular weight excluding hydrogens is 412 g/mol. The number of halogens is 4. The molecule has 152 valence electrons. The third-order valence-corrected chi connectivity index (χ3v) is 5.53. The van der Waals surface area contributed by atoms with Crippen LogP contribution in [0.2, 0.25) is 0 Å². The highest BCUT2D eigenvalue weighted by Gasteiger charge is 2.29. The number of para-hydroxylation sites is 1. The van der Waals surface area contributed by atoms with Gasteiger partial charge in [-0.3, -0.25) is 4.57 Å². The first-order valence-corrected chi connectivity index (χ1v) is 10.1. The number of imidazole rings is 1. The molecule has 30 heavy (non-hydrogen) atoms. The molecule has 0 radical (unpaired) electrons. The molecule has 7 heteroatoms. The van der Waals surface area contributed by atoms with Crippen LogP contribution in [0.3, 0.4) is 0 Å². The van der Waals surface area contributed by atoms with Crippen LogP contribution < -0.4 is 0 Å². The van der Waals surface area contributed by atoms with E-state index in [2.05, 4.69) is 4.98 Å². The van der Waals surface area contributed by atoms with Gasteiger partial charge in [-0.1, -0.05) is 66.4 Å². The van der Waals surface area contributed by atoms with Crippen LogP contribution in [0.5, 0.6) is 0 Å². The van der Waals surface area contributed by atoms with E-state index in [-0.39, 0.29) is 5.82 Å². The van der Waals surface area contributed by atoms with Crippen LogP contribution in [0.25, 0.3) is 16.9 Å². The lowest BCUT2D eigenvalue weighted by Gasteiger charge is -2.09. The highest BCUT2D eigenvalue weighted by atomic mass is 32.2. The smallest absolute Gasteiger partial charge is 0.291 e. The van der Waals surface area contributed by atoms with Gasteiger partial charge < -0.3 is 0 Å². The zero-order valence-corrected chi connectivity index (χ0v) is 16.4. The monoisotopic (exact) mass is 428 g/mol. The molecule has 0 atom stereocenters. The van der Waals surface area contributed by atoms with Gasteiger partial charge in [-0.15, -0.1) is 0 Å². The average molecular weight is 428 g/mol. The van der Waals surface area contributed by atoms with Crippen LogP contribution in [0.1, 0.15) is 11.1 Å². The van der Waals surface area contributed by atoms with Crippen LogP contribution in [0.4, 0.5) is 17.6 Å². The molecule has 0 saturated heterocycles. The summed E-state index contributed by atoms with van der Waals surface area (Å²) in [7, 11) is 0. The first-order chi connectivity index (χ1) is 14.4. The maximum Gasteiger partial charge on any atom is 0.416 e. The molecule has 0 aliphatic heterocycles. The van der Waals surface area contributed by atoms with Crippen molar-refractivity contribution in [2.45, 2.75) is 17.1 Å². The molecule has 0 N–H and O–H groups in total. The topological polar surface area (TPSA) is 17.8 Å². The summed E-state index contributed by atoms with van der Waals surface area (Å²) in [4.78, 5) is 4.65. The molecular formula is C23H16F4N2S. The number of alkyl halides is 3. The summed E-state index contributed by atoms with van der Waals surface area (Å²) in [5.74, 6) is 0.0172. The van der Waals surface area contributed by atoms with E-state index < -0.39 is 11.7 Å². The Balaban J connectivity index is 1.65. The van der Waals surface area contributed by atoms with Crippen LogP contribution in [0, 0.1) is 5.82 Å². The van der Waals surface area contributed by atoms with Gasteiger partial charge in [-0.05, 0) is 29.8 Å². The number of hydrogen-bond acceptors (Lipinski definition) is 2. The van der Waals surface area contributed by atoms with Crippen LogP contribution in [0.15, 0.2) is 90.2 Å². The van der Waals surface area contributed by atoms with E-state index in [0.29, 0.717) is 22.3 Å². The largest absolute Gasteiger partial charge is 0.416 e. The molecule has 0 aliphatic carbocycles.